The summed E-state index contributed by atoms with van der Waals surface area (Å²) in [5, 5.41) is 9.09. The van der Waals surface area contributed by atoms with Crippen molar-refractivity contribution in [1.82, 2.24) is 0 Å². The van der Waals surface area contributed by atoms with Gasteiger partial charge in [-0.3, -0.25) is 9.53 Å². The van der Waals surface area contributed by atoms with Gasteiger partial charge < -0.3 is 10.0 Å². The van der Waals surface area contributed by atoms with Crippen molar-refractivity contribution in [2.75, 3.05) is 24.6 Å². The molecule has 1 aliphatic heterocycles. The summed E-state index contributed by atoms with van der Waals surface area (Å²) in [7, 11) is 0. The van der Waals surface area contributed by atoms with Crippen LogP contribution in [0.3, 0.4) is 0 Å². The Hall–Kier alpha value is -1.76. The lowest BCUT2D eigenvalue weighted by Crippen LogP contribution is -2.30. The van der Waals surface area contributed by atoms with E-state index in [0.717, 1.165) is 0 Å². The van der Waals surface area contributed by atoms with Crippen molar-refractivity contribution in [1.29, 1.82) is 0 Å². The molecule has 1 aromatic carbocycles. The minimum atomic E-state index is -4.66. The van der Waals surface area contributed by atoms with Crippen LogP contribution < -0.4 is 4.90 Å². The largest absolute Gasteiger partial charge is 0.522 e. The van der Waals surface area contributed by atoms with Crippen LogP contribution in [0, 0.1) is 0 Å². The zero-order valence-corrected chi connectivity index (χ0v) is 9.85. The van der Waals surface area contributed by atoms with Crippen LogP contribution in [0.25, 0.3) is 0 Å². The van der Waals surface area contributed by atoms with Gasteiger partial charge in [-0.25, -0.2) is 0 Å². The third-order valence-corrected chi connectivity index (χ3v) is 2.98. The van der Waals surface area contributed by atoms with Gasteiger partial charge in [-0.1, -0.05) is 18.2 Å². The van der Waals surface area contributed by atoms with E-state index in [9.17, 15) is 18.0 Å². The fraction of sp³-hybridized carbons (Fsp3) is 0.417. The van der Waals surface area contributed by atoms with Crippen molar-refractivity contribution in [3.05, 3.63) is 29.8 Å². The fourth-order valence-electron chi connectivity index (χ4n) is 2.18. The molecule has 0 aromatic heterocycles. The van der Waals surface area contributed by atoms with Gasteiger partial charge in [0, 0.05) is 18.8 Å². The molecule has 0 amide bonds. The molecule has 0 saturated heterocycles. The van der Waals surface area contributed by atoms with Gasteiger partial charge in [0.2, 0.25) is 0 Å². The van der Waals surface area contributed by atoms with Crippen LogP contribution in [0.2, 0.25) is 0 Å². The predicted molar refractivity (Wildman–Crippen MR) is 61.0 cm³/mol. The smallest absolute Gasteiger partial charge is 0.481 e. The number of ether oxygens (including phenoxy) is 1. The van der Waals surface area contributed by atoms with Gasteiger partial charge >= 0.3 is 12.3 Å². The van der Waals surface area contributed by atoms with E-state index in [1.54, 1.807) is 29.2 Å². The van der Waals surface area contributed by atoms with Gasteiger partial charge in [0.25, 0.3) is 0 Å². The molecule has 104 valence electrons. The number of carboxylic acid groups (broad SMARTS) is 1. The quantitative estimate of drug-likeness (QED) is 0.915. The van der Waals surface area contributed by atoms with Crippen LogP contribution in [0.1, 0.15) is 11.5 Å². The zero-order chi connectivity index (χ0) is 14.0. The number of hydrogen-bond acceptors (Lipinski definition) is 3. The first-order valence-corrected chi connectivity index (χ1v) is 5.66. The fourth-order valence-corrected chi connectivity index (χ4v) is 2.18. The highest BCUT2D eigenvalue weighted by Crippen LogP contribution is 2.36. The number of halogens is 3. The van der Waals surface area contributed by atoms with Crippen LogP contribution in [0.15, 0.2) is 24.3 Å². The number of carbonyl (C=O) groups is 1. The summed E-state index contributed by atoms with van der Waals surface area (Å²) in [6, 6.07) is 6.82. The first-order valence-electron chi connectivity index (χ1n) is 5.66. The van der Waals surface area contributed by atoms with E-state index in [1.807, 2.05) is 0 Å². The summed E-state index contributed by atoms with van der Waals surface area (Å²) in [4.78, 5) is 12.7. The maximum atomic E-state index is 11.9. The highest BCUT2D eigenvalue weighted by Gasteiger charge is 2.34. The molecule has 1 N–H and O–H groups in total. The van der Waals surface area contributed by atoms with E-state index in [2.05, 4.69) is 4.74 Å². The number of hydrogen-bond donors (Lipinski definition) is 1. The number of aliphatic carboxylic acids is 1. The van der Waals surface area contributed by atoms with Crippen molar-refractivity contribution in [2.45, 2.75) is 12.3 Å². The molecule has 0 aliphatic carbocycles. The summed E-state index contributed by atoms with van der Waals surface area (Å²) in [5.74, 6) is -1.69. The summed E-state index contributed by atoms with van der Waals surface area (Å²) in [5.41, 5.74) is 1.28. The molecule has 1 aliphatic rings. The molecular weight excluding hydrogens is 263 g/mol. The summed E-state index contributed by atoms with van der Waals surface area (Å²) >= 11 is 0. The average molecular weight is 275 g/mol. The van der Waals surface area contributed by atoms with Crippen molar-refractivity contribution in [3.63, 3.8) is 0 Å². The van der Waals surface area contributed by atoms with E-state index in [0.29, 0.717) is 11.3 Å². The first kappa shape index (κ1) is 13.7. The van der Waals surface area contributed by atoms with Crippen molar-refractivity contribution < 1.29 is 27.8 Å². The van der Waals surface area contributed by atoms with Gasteiger partial charge in [0.05, 0.1) is 6.61 Å². The minimum absolute atomic E-state index is 0.000301. The van der Waals surface area contributed by atoms with Crippen LogP contribution in [-0.2, 0) is 9.53 Å². The van der Waals surface area contributed by atoms with E-state index in [1.165, 1.54) is 0 Å². The molecule has 0 bridgehead atoms. The van der Waals surface area contributed by atoms with Gasteiger partial charge in [0.1, 0.15) is 5.92 Å². The Morgan fingerprint density at radius 1 is 1.42 bits per heavy atom. The number of anilines is 1. The third kappa shape index (κ3) is 3.17. The highest BCUT2D eigenvalue weighted by molar-refractivity contribution is 5.82. The summed E-state index contributed by atoms with van der Waals surface area (Å²) in [6.07, 6.45) is -4.66. The monoisotopic (exact) mass is 275 g/mol. The Bertz CT molecular complexity index is 476. The Morgan fingerprint density at radius 3 is 2.74 bits per heavy atom. The lowest BCUT2D eigenvalue weighted by molar-refractivity contribution is -0.323. The van der Waals surface area contributed by atoms with Gasteiger partial charge in [0.15, 0.2) is 0 Å². The first-order chi connectivity index (χ1) is 8.88. The summed E-state index contributed by atoms with van der Waals surface area (Å²) in [6.45, 7) is -0.361. The Kier molecular flexibility index (Phi) is 3.66. The van der Waals surface area contributed by atoms with Gasteiger partial charge in [-0.2, -0.15) is 0 Å². The topological polar surface area (TPSA) is 49.8 Å². The molecule has 1 unspecified atom stereocenters. The van der Waals surface area contributed by atoms with E-state index < -0.39 is 24.9 Å². The SMILES string of the molecule is O=C(O)C1CN(CCOC(F)(F)F)c2ccccc21. The van der Waals surface area contributed by atoms with Crippen LogP contribution in [-0.4, -0.2) is 37.1 Å². The van der Waals surface area contributed by atoms with Gasteiger partial charge in [-0.05, 0) is 11.6 Å². The molecule has 0 fully saturated rings. The third-order valence-electron chi connectivity index (χ3n) is 2.98. The van der Waals surface area contributed by atoms with Crippen molar-refractivity contribution >= 4 is 11.7 Å². The molecule has 19 heavy (non-hydrogen) atoms. The molecule has 0 spiro atoms. The number of alkyl halides is 3. The Labute approximate surface area is 107 Å². The number of rotatable bonds is 4. The predicted octanol–water partition coefficient (Wildman–Crippen LogP) is 2.21. The van der Waals surface area contributed by atoms with Crippen molar-refractivity contribution in [3.8, 4) is 0 Å². The van der Waals surface area contributed by atoms with Crippen molar-refractivity contribution in [2.24, 2.45) is 0 Å². The number of nitrogens with zero attached hydrogens (tertiary/aromatic N) is 1. The molecule has 0 radical (unpaired) electrons. The highest BCUT2D eigenvalue weighted by atomic mass is 19.4. The van der Waals surface area contributed by atoms with Crippen LogP contribution in [0.4, 0.5) is 18.9 Å². The number of fused-ring (bicyclic) bond motifs is 1. The molecule has 1 heterocycles. The molecule has 7 heteroatoms. The molecule has 2 rings (SSSR count). The van der Waals surface area contributed by atoms with Gasteiger partial charge in [-0.15, -0.1) is 13.2 Å². The normalized spacial score (nSPS) is 18.5. The second kappa shape index (κ2) is 5.08. The van der Waals surface area contributed by atoms with E-state index in [4.69, 9.17) is 5.11 Å². The zero-order valence-electron chi connectivity index (χ0n) is 9.85. The number of carboxylic acids is 1. The molecule has 0 saturated carbocycles. The van der Waals surface area contributed by atoms with E-state index >= 15 is 0 Å². The van der Waals surface area contributed by atoms with E-state index in [-0.39, 0.29) is 13.1 Å². The minimum Gasteiger partial charge on any atom is -0.481 e. The maximum absolute atomic E-state index is 11.9. The summed E-state index contributed by atoms with van der Waals surface area (Å²) < 4.78 is 39.4. The molecular formula is C12H12F3NO3. The lowest BCUT2D eigenvalue weighted by Gasteiger charge is -2.19. The Morgan fingerprint density at radius 2 is 2.11 bits per heavy atom. The second-order valence-corrected chi connectivity index (χ2v) is 4.19. The second-order valence-electron chi connectivity index (χ2n) is 4.19. The molecule has 1 atom stereocenters. The number of benzene rings is 1. The maximum Gasteiger partial charge on any atom is 0.522 e. The average Bonchev–Trinajstić information content (AvgIpc) is 2.67. The standard InChI is InChI=1S/C12H12F3NO3/c13-12(14,15)19-6-5-16-7-9(11(17)18)8-3-1-2-4-10(8)16/h1-4,9H,5-7H2,(H,17,18). The van der Waals surface area contributed by atoms with Crippen LogP contribution >= 0.6 is 0 Å². The molecule has 1 aromatic rings. The molecule has 4 nitrogen and oxygen atoms in total. The lowest BCUT2D eigenvalue weighted by atomic mass is 10.0. The van der Waals surface area contributed by atoms with Crippen LogP contribution in [0.5, 0.6) is 0 Å². The Balaban J connectivity index is 2.06. The number of para-hydroxylation sites is 1.